The number of carbonyl (C=O) groups is 1. The summed E-state index contributed by atoms with van der Waals surface area (Å²) in [5.74, 6) is -0.392. The first-order valence-corrected chi connectivity index (χ1v) is 11.5. The minimum absolute atomic E-state index is 0.0532. The number of ether oxygens (including phenoxy) is 1. The smallest absolute Gasteiger partial charge is 0.342 e. The lowest BCUT2D eigenvalue weighted by molar-refractivity contribution is -0.131. The molecule has 9 heteroatoms. The minimum atomic E-state index is -1.09. The molecule has 0 bridgehead atoms. The molecule has 2 aromatic heterocycles. The molecule has 0 radical (unpaired) electrons. The molecular weight excluding hydrogens is 474 g/mol. The predicted molar refractivity (Wildman–Crippen MR) is 133 cm³/mol. The summed E-state index contributed by atoms with van der Waals surface area (Å²) in [6.07, 6.45) is 1.61. The number of thioether (sulfide) groups is 1. The molecule has 0 aliphatic carbocycles. The van der Waals surface area contributed by atoms with Crippen LogP contribution in [-0.4, -0.2) is 33.0 Å². The SMILES string of the molecule is COc1ccc(Cl)cc1-c1nnc(S/C(=C\c2cc(C)n(-c3ccc(C)cc3)c2C)C(=O)O)o1. The maximum Gasteiger partial charge on any atom is 0.342 e. The third kappa shape index (κ3) is 4.88. The van der Waals surface area contributed by atoms with Crippen molar-refractivity contribution in [3.63, 3.8) is 0 Å². The Balaban J connectivity index is 1.66. The van der Waals surface area contributed by atoms with E-state index in [2.05, 4.69) is 14.8 Å². The Morgan fingerprint density at radius 1 is 1.12 bits per heavy atom. The molecule has 4 aromatic rings. The average molecular weight is 496 g/mol. The van der Waals surface area contributed by atoms with Crippen molar-refractivity contribution in [2.45, 2.75) is 26.0 Å². The van der Waals surface area contributed by atoms with E-state index in [0.717, 1.165) is 34.4 Å². The van der Waals surface area contributed by atoms with E-state index >= 15 is 0 Å². The summed E-state index contributed by atoms with van der Waals surface area (Å²) in [4.78, 5) is 12.1. The van der Waals surface area contributed by atoms with Crippen LogP contribution in [0.1, 0.15) is 22.5 Å². The highest BCUT2D eigenvalue weighted by Gasteiger charge is 2.19. The molecule has 0 aliphatic rings. The number of rotatable bonds is 7. The van der Waals surface area contributed by atoms with Crippen molar-refractivity contribution in [1.29, 1.82) is 0 Å². The Morgan fingerprint density at radius 2 is 1.85 bits per heavy atom. The van der Waals surface area contributed by atoms with Gasteiger partial charge in [0.25, 0.3) is 11.1 Å². The van der Waals surface area contributed by atoms with E-state index in [1.54, 1.807) is 24.3 Å². The van der Waals surface area contributed by atoms with Crippen LogP contribution in [0.25, 0.3) is 23.2 Å². The van der Waals surface area contributed by atoms with Crippen LogP contribution >= 0.6 is 23.4 Å². The van der Waals surface area contributed by atoms with Crippen molar-refractivity contribution in [3.8, 4) is 22.9 Å². The molecule has 0 spiro atoms. The number of benzene rings is 2. The quantitative estimate of drug-likeness (QED) is 0.236. The Labute approximate surface area is 206 Å². The lowest BCUT2D eigenvalue weighted by Crippen LogP contribution is -2.00. The Kier molecular flexibility index (Phi) is 6.81. The molecule has 0 aliphatic heterocycles. The highest BCUT2D eigenvalue weighted by molar-refractivity contribution is 8.03. The van der Waals surface area contributed by atoms with Crippen LogP contribution in [0.15, 0.2) is 63.1 Å². The lowest BCUT2D eigenvalue weighted by atomic mass is 10.2. The molecule has 0 atom stereocenters. The topological polar surface area (TPSA) is 90.4 Å². The van der Waals surface area contributed by atoms with Crippen molar-refractivity contribution in [3.05, 3.63) is 81.0 Å². The van der Waals surface area contributed by atoms with Crippen LogP contribution < -0.4 is 4.74 Å². The zero-order valence-corrected chi connectivity index (χ0v) is 20.6. The molecule has 1 N–H and O–H groups in total. The van der Waals surface area contributed by atoms with Crippen molar-refractivity contribution < 1.29 is 19.1 Å². The molecule has 0 amide bonds. The average Bonchev–Trinajstić information content (AvgIpc) is 3.38. The molecule has 7 nitrogen and oxygen atoms in total. The molecule has 0 saturated carbocycles. The van der Waals surface area contributed by atoms with Gasteiger partial charge < -0.3 is 18.8 Å². The number of carboxylic acid groups (broad SMARTS) is 1. The monoisotopic (exact) mass is 495 g/mol. The second kappa shape index (κ2) is 9.79. The number of aromatic nitrogens is 3. The van der Waals surface area contributed by atoms with Crippen molar-refractivity contribution in [2.24, 2.45) is 0 Å². The standard InChI is InChI=1S/C25H22ClN3O4S/c1-14-5-8-19(9-6-14)29-15(2)11-17(16(29)3)12-22(24(30)31)34-25-28-27-23(33-25)20-13-18(26)7-10-21(20)32-4/h5-13H,1-4H3,(H,30,31)/b22-12-. The molecule has 4 rings (SSSR count). The van der Waals surface area contributed by atoms with Crippen LogP contribution in [0.3, 0.4) is 0 Å². The molecule has 2 heterocycles. The van der Waals surface area contributed by atoms with E-state index < -0.39 is 5.97 Å². The number of methoxy groups -OCH3 is 1. The number of aliphatic carboxylic acids is 1. The first-order valence-electron chi connectivity index (χ1n) is 10.3. The van der Waals surface area contributed by atoms with Crippen molar-refractivity contribution >= 4 is 35.4 Å². The fourth-order valence-electron chi connectivity index (χ4n) is 3.60. The van der Waals surface area contributed by atoms with E-state index in [-0.39, 0.29) is 16.0 Å². The maximum atomic E-state index is 12.0. The third-order valence-corrected chi connectivity index (χ3v) is 6.34. The van der Waals surface area contributed by atoms with Crippen molar-refractivity contribution in [2.75, 3.05) is 7.11 Å². The predicted octanol–water partition coefficient (Wildman–Crippen LogP) is 6.33. The number of nitrogens with zero attached hydrogens (tertiary/aromatic N) is 3. The van der Waals surface area contributed by atoms with Crippen LogP contribution in [0.2, 0.25) is 5.02 Å². The number of hydrogen-bond donors (Lipinski definition) is 1. The van der Waals surface area contributed by atoms with E-state index in [1.807, 2.05) is 51.1 Å². The third-order valence-electron chi connectivity index (χ3n) is 5.26. The molecular formula is C25H22ClN3O4S. The zero-order chi connectivity index (χ0) is 24.4. The molecule has 174 valence electrons. The van der Waals surface area contributed by atoms with Gasteiger partial charge >= 0.3 is 5.97 Å². The van der Waals surface area contributed by atoms with E-state index in [0.29, 0.717) is 16.3 Å². The highest BCUT2D eigenvalue weighted by atomic mass is 35.5. The van der Waals surface area contributed by atoms with Gasteiger partial charge in [0.1, 0.15) is 10.7 Å². The van der Waals surface area contributed by atoms with Gasteiger partial charge in [0.15, 0.2) is 0 Å². The summed E-state index contributed by atoms with van der Waals surface area (Å²) in [6, 6.07) is 15.2. The van der Waals surface area contributed by atoms with Gasteiger partial charge in [-0.25, -0.2) is 4.79 Å². The highest BCUT2D eigenvalue weighted by Crippen LogP contribution is 2.35. The first-order chi connectivity index (χ1) is 16.3. The summed E-state index contributed by atoms with van der Waals surface area (Å²) in [5, 5.41) is 18.4. The van der Waals surface area contributed by atoms with Crippen LogP contribution in [0.4, 0.5) is 0 Å². The van der Waals surface area contributed by atoms with Gasteiger partial charge in [0.05, 0.1) is 12.7 Å². The molecule has 0 fully saturated rings. The molecule has 0 unspecified atom stereocenters. The van der Waals surface area contributed by atoms with Gasteiger partial charge in [0, 0.05) is 22.1 Å². The largest absolute Gasteiger partial charge is 0.496 e. The second-order valence-electron chi connectivity index (χ2n) is 7.63. The molecule has 0 saturated heterocycles. The fourth-order valence-corrected chi connectivity index (χ4v) is 4.44. The normalized spacial score (nSPS) is 11.6. The van der Waals surface area contributed by atoms with E-state index in [1.165, 1.54) is 12.7 Å². The van der Waals surface area contributed by atoms with Crippen molar-refractivity contribution in [1.82, 2.24) is 14.8 Å². The van der Waals surface area contributed by atoms with Gasteiger partial charge in [-0.15, -0.1) is 10.2 Å². The molecule has 2 aromatic carbocycles. The second-order valence-corrected chi connectivity index (χ2v) is 9.06. The van der Waals surface area contributed by atoms with Gasteiger partial charge in [-0.2, -0.15) is 0 Å². The first kappa shape index (κ1) is 23.7. The van der Waals surface area contributed by atoms with Gasteiger partial charge in [-0.1, -0.05) is 29.3 Å². The van der Waals surface area contributed by atoms with Gasteiger partial charge in [-0.3, -0.25) is 0 Å². The van der Waals surface area contributed by atoms with Gasteiger partial charge in [0.2, 0.25) is 0 Å². The molecule has 34 heavy (non-hydrogen) atoms. The minimum Gasteiger partial charge on any atom is -0.496 e. The Morgan fingerprint density at radius 3 is 2.53 bits per heavy atom. The van der Waals surface area contributed by atoms with Gasteiger partial charge in [-0.05, 0) is 80.6 Å². The summed E-state index contributed by atoms with van der Waals surface area (Å²) in [7, 11) is 1.52. The summed E-state index contributed by atoms with van der Waals surface area (Å²) in [5.41, 5.74) is 5.43. The maximum absolute atomic E-state index is 12.0. The number of hydrogen-bond acceptors (Lipinski definition) is 6. The number of halogens is 1. The lowest BCUT2D eigenvalue weighted by Gasteiger charge is -2.10. The van der Waals surface area contributed by atoms with Crippen LogP contribution in [0.5, 0.6) is 5.75 Å². The fraction of sp³-hybridized carbons (Fsp3) is 0.160. The number of carboxylic acids is 1. The van der Waals surface area contributed by atoms with E-state index in [9.17, 15) is 9.90 Å². The summed E-state index contributed by atoms with van der Waals surface area (Å²) >= 11 is 6.97. The number of aryl methyl sites for hydroxylation is 2. The summed E-state index contributed by atoms with van der Waals surface area (Å²) < 4.78 is 13.1. The Hall–Kier alpha value is -3.49. The van der Waals surface area contributed by atoms with Crippen LogP contribution in [0, 0.1) is 20.8 Å². The van der Waals surface area contributed by atoms with E-state index in [4.69, 9.17) is 20.8 Å². The zero-order valence-electron chi connectivity index (χ0n) is 19.0. The Bertz CT molecular complexity index is 1390. The summed E-state index contributed by atoms with van der Waals surface area (Å²) in [6.45, 7) is 5.98. The van der Waals surface area contributed by atoms with Crippen LogP contribution in [-0.2, 0) is 4.79 Å².